The monoisotopic (exact) mass is 580 g/mol. The highest BCUT2D eigenvalue weighted by Crippen LogP contribution is 2.35. The van der Waals surface area contributed by atoms with Crippen molar-refractivity contribution in [2.45, 2.75) is 44.7 Å². The summed E-state index contributed by atoms with van der Waals surface area (Å²) >= 11 is 17.5. The summed E-state index contributed by atoms with van der Waals surface area (Å²) in [6.07, 6.45) is 1.55. The maximum absolute atomic E-state index is 12.8. The minimum Gasteiger partial charge on any atom is -0.342 e. The van der Waals surface area contributed by atoms with E-state index in [1.165, 1.54) is 0 Å². The molecule has 0 spiro atoms. The third-order valence-corrected chi connectivity index (χ3v) is 8.68. The lowest BCUT2D eigenvalue weighted by Gasteiger charge is -2.31. The van der Waals surface area contributed by atoms with Gasteiger partial charge in [-0.05, 0) is 53.8 Å². The molecule has 0 aliphatic carbocycles. The quantitative estimate of drug-likeness (QED) is 0.336. The molecule has 1 saturated heterocycles. The van der Waals surface area contributed by atoms with Crippen molar-refractivity contribution in [1.82, 2.24) is 9.88 Å². The Kier molecular flexibility index (Phi) is 7.58. The van der Waals surface area contributed by atoms with Crippen LogP contribution in [0.5, 0.6) is 0 Å². The summed E-state index contributed by atoms with van der Waals surface area (Å²) in [5.74, 6) is 0.406. The van der Waals surface area contributed by atoms with Crippen LogP contribution in [0.2, 0.25) is 10.0 Å². The van der Waals surface area contributed by atoms with Crippen molar-refractivity contribution in [1.29, 1.82) is 0 Å². The number of amides is 1. The molecular weight excluding hydrogens is 559 g/mol. The lowest BCUT2D eigenvalue weighted by molar-refractivity contribution is -0.155. The van der Waals surface area contributed by atoms with Crippen LogP contribution >= 0.6 is 50.5 Å². The Morgan fingerprint density at radius 2 is 1.94 bits per heavy atom. The molecule has 1 unspecified atom stereocenters. The number of ether oxygens (including phenoxy) is 2. The number of rotatable bonds is 4. The Bertz CT molecular complexity index is 1200. The molecule has 178 valence electrons. The standard InChI is InChI=1S/C25H23BrCl2N2O3S/c26-20-3-1-2-16-12-32-25(33-13-19(16)20)22-14-34-24(29-22)15-6-8-30(9-7-15)23(31)11-17-10-18(27)4-5-21(17)28/h1-5,10,14-15,25H,6-9,11-13H2. The van der Waals surface area contributed by atoms with Gasteiger partial charge >= 0.3 is 0 Å². The van der Waals surface area contributed by atoms with Crippen LogP contribution in [0.3, 0.4) is 0 Å². The molecule has 0 bridgehead atoms. The molecule has 5 nitrogen and oxygen atoms in total. The molecule has 1 amide bonds. The van der Waals surface area contributed by atoms with Gasteiger partial charge in [0.25, 0.3) is 0 Å². The fraction of sp³-hybridized carbons (Fsp3) is 0.360. The van der Waals surface area contributed by atoms with E-state index < -0.39 is 6.29 Å². The zero-order valence-electron chi connectivity index (χ0n) is 18.3. The Morgan fingerprint density at radius 1 is 1.15 bits per heavy atom. The smallest absolute Gasteiger partial charge is 0.227 e. The second kappa shape index (κ2) is 10.6. The predicted octanol–water partition coefficient (Wildman–Crippen LogP) is 6.91. The highest BCUT2D eigenvalue weighted by atomic mass is 79.9. The first-order valence-corrected chi connectivity index (χ1v) is 13.6. The van der Waals surface area contributed by atoms with E-state index >= 15 is 0 Å². The van der Waals surface area contributed by atoms with Crippen LogP contribution in [0.15, 0.2) is 46.3 Å². The summed E-state index contributed by atoms with van der Waals surface area (Å²) in [6.45, 7) is 2.38. The zero-order valence-corrected chi connectivity index (χ0v) is 22.2. The van der Waals surface area contributed by atoms with Crippen LogP contribution in [0.1, 0.15) is 52.4 Å². The summed E-state index contributed by atoms with van der Waals surface area (Å²) in [7, 11) is 0. The van der Waals surface area contributed by atoms with Gasteiger partial charge in [0, 0.05) is 38.9 Å². The fourth-order valence-electron chi connectivity index (χ4n) is 4.37. The van der Waals surface area contributed by atoms with Gasteiger partial charge < -0.3 is 14.4 Å². The van der Waals surface area contributed by atoms with E-state index in [-0.39, 0.29) is 12.3 Å². The van der Waals surface area contributed by atoms with Crippen LogP contribution in [-0.2, 0) is 33.9 Å². The van der Waals surface area contributed by atoms with Crippen molar-refractivity contribution < 1.29 is 14.3 Å². The molecule has 2 aromatic carbocycles. The van der Waals surface area contributed by atoms with E-state index in [1.807, 2.05) is 22.4 Å². The number of hydrogen-bond donors (Lipinski definition) is 0. The fourth-order valence-corrected chi connectivity index (χ4v) is 6.26. The highest BCUT2D eigenvalue weighted by molar-refractivity contribution is 9.10. The number of aromatic nitrogens is 1. The molecule has 1 fully saturated rings. The van der Waals surface area contributed by atoms with Gasteiger partial charge in [-0.1, -0.05) is 51.3 Å². The normalized spacial score (nSPS) is 19.0. The molecule has 2 aliphatic rings. The molecule has 1 aromatic heterocycles. The van der Waals surface area contributed by atoms with E-state index in [2.05, 4.69) is 22.0 Å². The van der Waals surface area contributed by atoms with E-state index in [1.54, 1.807) is 29.5 Å². The molecule has 0 radical (unpaired) electrons. The summed E-state index contributed by atoms with van der Waals surface area (Å²) < 4.78 is 13.1. The molecule has 34 heavy (non-hydrogen) atoms. The number of carbonyl (C=O) groups excluding carboxylic acids is 1. The first-order chi connectivity index (χ1) is 16.5. The lowest BCUT2D eigenvalue weighted by atomic mass is 9.97. The topological polar surface area (TPSA) is 51.7 Å². The molecule has 0 N–H and O–H groups in total. The minimum atomic E-state index is -0.478. The van der Waals surface area contributed by atoms with Crippen LogP contribution in [0, 0.1) is 0 Å². The number of carbonyl (C=O) groups is 1. The summed E-state index contributed by atoms with van der Waals surface area (Å²) in [5, 5.41) is 4.27. The van der Waals surface area contributed by atoms with Gasteiger partial charge in [-0.2, -0.15) is 0 Å². The largest absolute Gasteiger partial charge is 0.342 e. The molecule has 9 heteroatoms. The number of fused-ring (bicyclic) bond motifs is 1. The molecule has 0 saturated carbocycles. The average Bonchev–Trinajstić information content (AvgIpc) is 3.22. The lowest BCUT2D eigenvalue weighted by Crippen LogP contribution is -2.38. The molecule has 3 heterocycles. The van der Waals surface area contributed by atoms with Gasteiger partial charge in [0.1, 0.15) is 5.69 Å². The molecule has 3 aromatic rings. The van der Waals surface area contributed by atoms with Crippen molar-refractivity contribution >= 4 is 56.4 Å². The van der Waals surface area contributed by atoms with Gasteiger partial charge in [0.05, 0.1) is 24.6 Å². The van der Waals surface area contributed by atoms with Crippen LogP contribution in [0.25, 0.3) is 0 Å². The van der Waals surface area contributed by atoms with Gasteiger partial charge in [-0.15, -0.1) is 11.3 Å². The van der Waals surface area contributed by atoms with E-state index in [0.717, 1.165) is 44.7 Å². The van der Waals surface area contributed by atoms with Crippen LogP contribution in [-0.4, -0.2) is 28.9 Å². The van der Waals surface area contributed by atoms with Crippen molar-refractivity contribution in [3.05, 3.63) is 83.7 Å². The Morgan fingerprint density at radius 3 is 2.76 bits per heavy atom. The van der Waals surface area contributed by atoms with Gasteiger partial charge in [0.2, 0.25) is 12.2 Å². The zero-order chi connectivity index (χ0) is 23.7. The Labute approximate surface area is 221 Å². The number of halogens is 3. The highest BCUT2D eigenvalue weighted by Gasteiger charge is 2.28. The second-order valence-corrected chi connectivity index (χ2v) is 11.1. The molecule has 1 atom stereocenters. The number of thiazole rings is 1. The first-order valence-electron chi connectivity index (χ1n) is 11.1. The van der Waals surface area contributed by atoms with Gasteiger partial charge in [-0.3, -0.25) is 4.79 Å². The second-order valence-electron chi connectivity index (χ2n) is 8.51. The maximum atomic E-state index is 12.8. The van der Waals surface area contributed by atoms with E-state index in [0.29, 0.717) is 42.3 Å². The van der Waals surface area contributed by atoms with E-state index in [9.17, 15) is 4.79 Å². The molecule has 5 rings (SSSR count). The Balaban J connectivity index is 1.17. The van der Waals surface area contributed by atoms with Crippen molar-refractivity contribution in [2.75, 3.05) is 13.1 Å². The summed E-state index contributed by atoms with van der Waals surface area (Å²) in [5.41, 5.74) is 3.83. The number of nitrogens with zero attached hydrogens (tertiary/aromatic N) is 2. The molecule has 2 aliphatic heterocycles. The number of likely N-dealkylation sites (tertiary alicyclic amines) is 1. The van der Waals surface area contributed by atoms with Crippen LogP contribution < -0.4 is 0 Å². The minimum absolute atomic E-state index is 0.0772. The third-order valence-electron chi connectivity index (χ3n) is 6.31. The number of piperidine rings is 1. The van der Waals surface area contributed by atoms with Crippen LogP contribution in [0.4, 0.5) is 0 Å². The van der Waals surface area contributed by atoms with Gasteiger partial charge in [-0.25, -0.2) is 4.98 Å². The molecular formula is C25H23BrCl2N2O3S. The average molecular weight is 582 g/mol. The Hall–Kier alpha value is -1.48. The van der Waals surface area contributed by atoms with E-state index in [4.69, 9.17) is 37.7 Å². The summed E-state index contributed by atoms with van der Waals surface area (Å²) in [6, 6.07) is 11.3. The first kappa shape index (κ1) is 24.2. The van der Waals surface area contributed by atoms with Gasteiger partial charge in [0.15, 0.2) is 0 Å². The number of benzene rings is 2. The van der Waals surface area contributed by atoms with Crippen molar-refractivity contribution in [3.8, 4) is 0 Å². The predicted molar refractivity (Wildman–Crippen MR) is 137 cm³/mol. The summed E-state index contributed by atoms with van der Waals surface area (Å²) in [4.78, 5) is 19.6. The number of hydrogen-bond acceptors (Lipinski definition) is 5. The third kappa shape index (κ3) is 5.35. The van der Waals surface area contributed by atoms with Crippen molar-refractivity contribution in [3.63, 3.8) is 0 Å². The van der Waals surface area contributed by atoms with Crippen molar-refractivity contribution in [2.24, 2.45) is 0 Å². The SMILES string of the molecule is O=C(Cc1cc(Cl)ccc1Cl)N1CCC(c2nc(C3OCc4cccc(Br)c4CO3)cs2)CC1. The maximum Gasteiger partial charge on any atom is 0.227 e.